The Labute approximate surface area is 143 Å². The highest BCUT2D eigenvalue weighted by Gasteiger charge is 2.43. The fourth-order valence-electron chi connectivity index (χ4n) is 3.65. The van der Waals surface area contributed by atoms with Gasteiger partial charge in [0.15, 0.2) is 0 Å². The van der Waals surface area contributed by atoms with Gasteiger partial charge in [-0.1, -0.05) is 74.1 Å². The number of aliphatic hydroxyl groups is 1. The standard InChI is InChI=1S/C19H36F2OSi/c1-8-9-10-11-12-18(22)19(20,21)13-14-23(15(2)3,16(4)5)17(6)7/h15-18,22H,8-12H2,1-7H3. The third-order valence-corrected chi connectivity index (χ3v) is 11.4. The molecule has 0 aliphatic heterocycles. The van der Waals surface area contributed by atoms with Gasteiger partial charge in [-0.3, -0.25) is 0 Å². The van der Waals surface area contributed by atoms with Crippen LogP contribution < -0.4 is 0 Å². The molecule has 0 aliphatic carbocycles. The molecule has 0 amide bonds. The molecule has 1 atom stereocenters. The number of rotatable bonds is 9. The van der Waals surface area contributed by atoms with Gasteiger partial charge in [0, 0.05) is 0 Å². The molecule has 1 N–H and O–H groups in total. The van der Waals surface area contributed by atoms with E-state index in [0.717, 1.165) is 19.3 Å². The van der Waals surface area contributed by atoms with Crippen molar-refractivity contribution < 1.29 is 13.9 Å². The summed E-state index contributed by atoms with van der Waals surface area (Å²) in [5.74, 6) is -1.09. The van der Waals surface area contributed by atoms with Gasteiger partial charge >= 0.3 is 5.92 Å². The summed E-state index contributed by atoms with van der Waals surface area (Å²) in [6.07, 6.45) is 2.07. The fraction of sp³-hybridized carbons (Fsp3) is 0.895. The molecule has 0 aliphatic rings. The quantitative estimate of drug-likeness (QED) is 0.300. The minimum atomic E-state index is -3.30. The van der Waals surface area contributed by atoms with E-state index in [1.165, 1.54) is 0 Å². The van der Waals surface area contributed by atoms with Crippen molar-refractivity contribution in [2.24, 2.45) is 0 Å². The number of unbranched alkanes of at least 4 members (excludes halogenated alkanes) is 3. The van der Waals surface area contributed by atoms with Gasteiger partial charge in [-0.2, -0.15) is 8.78 Å². The second-order valence-corrected chi connectivity index (χ2v) is 13.2. The Hall–Kier alpha value is -0.403. The van der Waals surface area contributed by atoms with Crippen molar-refractivity contribution in [1.82, 2.24) is 0 Å². The summed E-state index contributed by atoms with van der Waals surface area (Å²) in [5, 5.41) is 9.85. The molecule has 0 aromatic heterocycles. The molecular formula is C19H36F2OSi. The van der Waals surface area contributed by atoms with E-state index in [1.807, 2.05) is 0 Å². The Kier molecular flexibility index (Phi) is 9.62. The maximum absolute atomic E-state index is 14.2. The van der Waals surface area contributed by atoms with E-state index in [9.17, 15) is 13.9 Å². The molecule has 0 saturated carbocycles. The molecule has 1 nitrogen and oxygen atoms in total. The Morgan fingerprint density at radius 2 is 1.39 bits per heavy atom. The third kappa shape index (κ3) is 6.19. The number of aliphatic hydroxyl groups excluding tert-OH is 1. The van der Waals surface area contributed by atoms with Crippen LogP contribution in [0.3, 0.4) is 0 Å². The van der Waals surface area contributed by atoms with Crippen molar-refractivity contribution in [3.8, 4) is 11.5 Å². The van der Waals surface area contributed by atoms with E-state index < -0.39 is 20.1 Å². The third-order valence-electron chi connectivity index (χ3n) is 5.06. The average molecular weight is 347 g/mol. The lowest BCUT2D eigenvalue weighted by molar-refractivity contribution is -0.0656. The molecule has 1 unspecified atom stereocenters. The van der Waals surface area contributed by atoms with Crippen LogP contribution in [0, 0.1) is 11.5 Å². The van der Waals surface area contributed by atoms with Gasteiger partial charge in [-0.15, -0.1) is 5.54 Å². The van der Waals surface area contributed by atoms with Crippen molar-refractivity contribution in [1.29, 1.82) is 0 Å². The first-order chi connectivity index (χ1) is 10.5. The summed E-state index contributed by atoms with van der Waals surface area (Å²) in [4.78, 5) is 0. The zero-order valence-corrected chi connectivity index (χ0v) is 17.0. The monoisotopic (exact) mass is 346 g/mol. The van der Waals surface area contributed by atoms with Gasteiger partial charge in [-0.05, 0) is 29.0 Å². The lowest BCUT2D eigenvalue weighted by atomic mass is 10.1. The molecule has 0 aromatic rings. The Balaban J connectivity index is 5.21. The van der Waals surface area contributed by atoms with E-state index in [2.05, 4.69) is 59.9 Å². The van der Waals surface area contributed by atoms with Gasteiger partial charge in [0.2, 0.25) is 0 Å². The van der Waals surface area contributed by atoms with Crippen LogP contribution in [0.4, 0.5) is 8.78 Å². The topological polar surface area (TPSA) is 20.2 Å². The van der Waals surface area contributed by atoms with Gasteiger partial charge < -0.3 is 5.11 Å². The minimum Gasteiger partial charge on any atom is -0.386 e. The molecule has 136 valence electrons. The summed E-state index contributed by atoms with van der Waals surface area (Å²) >= 11 is 0. The smallest absolute Gasteiger partial charge is 0.332 e. The summed E-state index contributed by atoms with van der Waals surface area (Å²) in [7, 11) is -2.18. The normalized spacial score (nSPS) is 14.3. The van der Waals surface area contributed by atoms with Crippen LogP contribution >= 0.6 is 0 Å². The highest BCUT2D eigenvalue weighted by atomic mass is 28.3. The van der Waals surface area contributed by atoms with Crippen LogP contribution in [0.5, 0.6) is 0 Å². The lowest BCUT2D eigenvalue weighted by Gasteiger charge is -2.38. The second kappa shape index (κ2) is 9.79. The molecule has 0 aromatic carbocycles. The highest BCUT2D eigenvalue weighted by Crippen LogP contribution is 2.41. The van der Waals surface area contributed by atoms with E-state index in [4.69, 9.17) is 0 Å². The molecule has 0 bridgehead atoms. The van der Waals surface area contributed by atoms with E-state index in [-0.39, 0.29) is 6.42 Å². The average Bonchev–Trinajstić information content (AvgIpc) is 2.42. The summed E-state index contributed by atoms with van der Waals surface area (Å²) in [5.41, 5.74) is 3.97. The molecule has 23 heavy (non-hydrogen) atoms. The van der Waals surface area contributed by atoms with Crippen LogP contribution in [0.25, 0.3) is 0 Å². The summed E-state index contributed by atoms with van der Waals surface area (Å²) in [6, 6.07) is 0. The van der Waals surface area contributed by atoms with E-state index in [0.29, 0.717) is 23.0 Å². The zero-order valence-electron chi connectivity index (χ0n) is 16.0. The Morgan fingerprint density at radius 3 is 1.78 bits per heavy atom. The van der Waals surface area contributed by atoms with Crippen LogP contribution in [0.15, 0.2) is 0 Å². The molecule has 0 saturated heterocycles. The van der Waals surface area contributed by atoms with Crippen molar-refractivity contribution in [3.05, 3.63) is 0 Å². The maximum Gasteiger partial charge on any atom is 0.332 e. The number of hydrogen-bond acceptors (Lipinski definition) is 1. The van der Waals surface area contributed by atoms with Crippen molar-refractivity contribution in [2.75, 3.05) is 0 Å². The Bertz CT molecular complexity index is 372. The fourth-order valence-corrected chi connectivity index (χ4v) is 8.90. The van der Waals surface area contributed by atoms with Crippen LogP contribution in [0.2, 0.25) is 16.6 Å². The Morgan fingerprint density at radius 1 is 0.913 bits per heavy atom. The zero-order chi connectivity index (χ0) is 18.3. The van der Waals surface area contributed by atoms with Crippen molar-refractivity contribution in [3.63, 3.8) is 0 Å². The van der Waals surface area contributed by atoms with E-state index in [1.54, 1.807) is 0 Å². The number of hydrogen-bond donors (Lipinski definition) is 1. The number of alkyl halides is 2. The summed E-state index contributed by atoms with van der Waals surface area (Å²) in [6.45, 7) is 14.7. The van der Waals surface area contributed by atoms with Crippen molar-refractivity contribution >= 4 is 8.07 Å². The molecule has 4 heteroatoms. The van der Waals surface area contributed by atoms with Crippen molar-refractivity contribution in [2.45, 2.75) is 109 Å². The molecular weight excluding hydrogens is 310 g/mol. The van der Waals surface area contributed by atoms with Gasteiger partial charge in [0.05, 0.1) is 0 Å². The molecule has 0 radical (unpaired) electrons. The summed E-state index contributed by atoms with van der Waals surface area (Å²) < 4.78 is 28.5. The SMILES string of the molecule is CCCCCCC(O)C(F)(F)C#C[Si](C(C)C)(C(C)C)C(C)C. The predicted molar refractivity (Wildman–Crippen MR) is 98.5 cm³/mol. The van der Waals surface area contributed by atoms with E-state index >= 15 is 0 Å². The second-order valence-electron chi connectivity index (χ2n) is 7.64. The number of halogens is 2. The van der Waals surface area contributed by atoms with Crippen LogP contribution in [-0.2, 0) is 0 Å². The van der Waals surface area contributed by atoms with Gasteiger partial charge in [-0.25, -0.2) is 0 Å². The van der Waals surface area contributed by atoms with Gasteiger partial charge in [0.1, 0.15) is 14.2 Å². The predicted octanol–water partition coefficient (Wildman–Crippen LogP) is 6.17. The molecule has 0 fully saturated rings. The highest BCUT2D eigenvalue weighted by molar-refractivity contribution is 6.90. The van der Waals surface area contributed by atoms with Gasteiger partial charge in [0.25, 0.3) is 0 Å². The first-order valence-electron chi connectivity index (χ1n) is 9.12. The maximum atomic E-state index is 14.2. The molecule has 0 rings (SSSR count). The van der Waals surface area contributed by atoms with Crippen LogP contribution in [-0.4, -0.2) is 25.2 Å². The lowest BCUT2D eigenvalue weighted by Crippen LogP contribution is -2.44. The first kappa shape index (κ1) is 22.6. The minimum absolute atomic E-state index is 0.126. The first-order valence-corrected chi connectivity index (χ1v) is 11.4. The van der Waals surface area contributed by atoms with Crippen LogP contribution in [0.1, 0.15) is 80.6 Å². The molecule has 0 heterocycles. The molecule has 0 spiro atoms. The largest absolute Gasteiger partial charge is 0.386 e.